The third-order valence-electron chi connectivity index (χ3n) is 8.04. The van der Waals surface area contributed by atoms with Crippen molar-refractivity contribution in [2.75, 3.05) is 31.1 Å². The number of piperidine rings is 3. The lowest BCUT2D eigenvalue weighted by Crippen LogP contribution is -2.52. The van der Waals surface area contributed by atoms with Crippen LogP contribution >= 0.6 is 0 Å². The van der Waals surface area contributed by atoms with E-state index < -0.39 is 12.1 Å². The second-order valence-corrected chi connectivity index (χ2v) is 10.1. The molecular formula is C25H32N4O5. The Bertz CT molecular complexity index is 995. The van der Waals surface area contributed by atoms with E-state index in [4.69, 9.17) is 5.11 Å². The molecule has 0 aliphatic carbocycles. The summed E-state index contributed by atoms with van der Waals surface area (Å²) in [6, 6.07) is 5.38. The molecule has 34 heavy (non-hydrogen) atoms. The highest BCUT2D eigenvalue weighted by Crippen LogP contribution is 2.34. The normalized spacial score (nSPS) is 24.4. The number of rotatable bonds is 4. The topological polar surface area (TPSA) is 110 Å². The fourth-order valence-electron chi connectivity index (χ4n) is 6.02. The lowest BCUT2D eigenvalue weighted by molar-refractivity contribution is -0.136. The van der Waals surface area contributed by atoms with Gasteiger partial charge < -0.3 is 19.8 Å². The van der Waals surface area contributed by atoms with Gasteiger partial charge in [-0.1, -0.05) is 0 Å². The number of imide groups is 1. The minimum Gasteiger partial charge on any atom is -0.465 e. The fraction of sp³-hybridized carbons (Fsp3) is 0.600. The van der Waals surface area contributed by atoms with Gasteiger partial charge in [-0.3, -0.25) is 19.7 Å². The van der Waals surface area contributed by atoms with Gasteiger partial charge in [-0.25, -0.2) is 4.79 Å². The number of benzene rings is 1. The lowest BCUT2D eigenvalue weighted by Gasteiger charge is -2.37. The van der Waals surface area contributed by atoms with Crippen molar-refractivity contribution in [1.82, 2.24) is 15.1 Å². The van der Waals surface area contributed by atoms with Crippen LogP contribution in [0.3, 0.4) is 0 Å². The summed E-state index contributed by atoms with van der Waals surface area (Å²) in [5.41, 5.74) is 2.71. The van der Waals surface area contributed by atoms with E-state index in [1.165, 1.54) is 11.3 Å². The average molecular weight is 469 g/mol. The molecule has 0 saturated carbocycles. The van der Waals surface area contributed by atoms with Crippen LogP contribution < -0.4 is 10.2 Å². The third-order valence-corrected chi connectivity index (χ3v) is 8.04. The molecule has 3 saturated heterocycles. The molecule has 0 spiro atoms. The first-order valence-electron chi connectivity index (χ1n) is 12.4. The molecule has 4 amide bonds. The number of amides is 4. The van der Waals surface area contributed by atoms with Gasteiger partial charge in [0.2, 0.25) is 11.8 Å². The van der Waals surface area contributed by atoms with Crippen molar-refractivity contribution in [2.24, 2.45) is 11.8 Å². The Morgan fingerprint density at radius 3 is 2.29 bits per heavy atom. The fourth-order valence-corrected chi connectivity index (χ4v) is 6.02. The molecule has 5 rings (SSSR count). The lowest BCUT2D eigenvalue weighted by atomic mass is 9.83. The molecule has 0 aromatic heterocycles. The van der Waals surface area contributed by atoms with Crippen LogP contribution in [0.1, 0.15) is 60.9 Å². The van der Waals surface area contributed by atoms with Crippen LogP contribution in [0.5, 0.6) is 0 Å². The van der Waals surface area contributed by atoms with Gasteiger partial charge in [-0.05, 0) is 74.1 Å². The molecule has 1 aromatic rings. The molecule has 4 aliphatic rings. The molecule has 4 aliphatic heterocycles. The van der Waals surface area contributed by atoms with Crippen LogP contribution in [0.4, 0.5) is 10.5 Å². The van der Waals surface area contributed by atoms with Gasteiger partial charge in [-0.15, -0.1) is 0 Å². The predicted octanol–water partition coefficient (Wildman–Crippen LogP) is 2.44. The number of hydrogen-bond donors (Lipinski definition) is 2. The summed E-state index contributed by atoms with van der Waals surface area (Å²) in [5.74, 6) is 0.506. The second kappa shape index (κ2) is 9.27. The minimum atomic E-state index is -0.803. The van der Waals surface area contributed by atoms with Crippen LogP contribution in [0, 0.1) is 11.8 Å². The van der Waals surface area contributed by atoms with Crippen LogP contribution in [0.2, 0.25) is 0 Å². The molecule has 1 atom stereocenters. The zero-order chi connectivity index (χ0) is 23.8. The van der Waals surface area contributed by atoms with Crippen LogP contribution in [-0.2, 0) is 16.1 Å². The molecule has 0 bridgehead atoms. The van der Waals surface area contributed by atoms with E-state index in [0.29, 0.717) is 43.5 Å². The predicted molar refractivity (Wildman–Crippen MR) is 124 cm³/mol. The summed E-state index contributed by atoms with van der Waals surface area (Å²) in [4.78, 5) is 53.2. The largest absolute Gasteiger partial charge is 0.465 e. The highest BCUT2D eigenvalue weighted by molar-refractivity contribution is 6.05. The molecule has 3 fully saturated rings. The van der Waals surface area contributed by atoms with E-state index in [1.54, 1.807) is 4.90 Å². The molecule has 182 valence electrons. The van der Waals surface area contributed by atoms with Crippen LogP contribution in [0.25, 0.3) is 0 Å². The van der Waals surface area contributed by atoms with Crippen molar-refractivity contribution in [2.45, 2.75) is 57.5 Å². The number of carbonyl (C=O) groups is 4. The number of anilines is 1. The Morgan fingerprint density at radius 1 is 0.971 bits per heavy atom. The van der Waals surface area contributed by atoms with Gasteiger partial charge in [0.25, 0.3) is 5.91 Å². The average Bonchev–Trinajstić information content (AvgIpc) is 3.15. The smallest absolute Gasteiger partial charge is 0.407 e. The van der Waals surface area contributed by atoms with E-state index in [9.17, 15) is 19.2 Å². The van der Waals surface area contributed by atoms with Crippen molar-refractivity contribution < 1.29 is 24.3 Å². The van der Waals surface area contributed by atoms with Crippen molar-refractivity contribution in [1.29, 1.82) is 0 Å². The second-order valence-electron chi connectivity index (χ2n) is 10.1. The number of carbonyl (C=O) groups excluding carboxylic acids is 3. The Labute approximate surface area is 199 Å². The van der Waals surface area contributed by atoms with Gasteiger partial charge >= 0.3 is 6.09 Å². The number of nitrogens with one attached hydrogen (secondary N) is 1. The van der Waals surface area contributed by atoms with E-state index in [2.05, 4.69) is 16.3 Å². The minimum absolute atomic E-state index is 0.135. The first-order chi connectivity index (χ1) is 16.4. The zero-order valence-corrected chi connectivity index (χ0v) is 19.4. The molecular weight excluding hydrogens is 436 g/mol. The summed E-state index contributed by atoms with van der Waals surface area (Å²) >= 11 is 0. The van der Waals surface area contributed by atoms with Crippen molar-refractivity contribution in [3.05, 3.63) is 29.3 Å². The van der Waals surface area contributed by atoms with Gasteiger partial charge in [0.1, 0.15) is 6.04 Å². The molecule has 2 N–H and O–H groups in total. The molecule has 9 nitrogen and oxygen atoms in total. The van der Waals surface area contributed by atoms with E-state index in [1.807, 2.05) is 12.1 Å². The van der Waals surface area contributed by atoms with E-state index in [-0.39, 0.29) is 24.1 Å². The SMILES string of the molecule is O=C1CC[C@H](N2Cc3cc(N4CCC(CC5CCN(C(=O)O)CC5)CC4)ccc3C2=O)C(=O)N1. The summed E-state index contributed by atoms with van der Waals surface area (Å²) in [6.45, 7) is 3.66. The van der Waals surface area contributed by atoms with Crippen molar-refractivity contribution >= 4 is 29.5 Å². The van der Waals surface area contributed by atoms with E-state index >= 15 is 0 Å². The number of fused-ring (bicyclic) bond motifs is 1. The Kier molecular flexibility index (Phi) is 6.18. The van der Waals surface area contributed by atoms with Crippen LogP contribution in [0.15, 0.2) is 18.2 Å². The summed E-state index contributed by atoms with van der Waals surface area (Å²) < 4.78 is 0. The maximum Gasteiger partial charge on any atom is 0.407 e. The first-order valence-corrected chi connectivity index (χ1v) is 12.4. The first kappa shape index (κ1) is 22.7. The number of likely N-dealkylation sites (tertiary alicyclic amines) is 1. The molecule has 4 heterocycles. The van der Waals surface area contributed by atoms with Gasteiger partial charge in [0, 0.05) is 50.4 Å². The van der Waals surface area contributed by atoms with Crippen molar-refractivity contribution in [3.63, 3.8) is 0 Å². The maximum atomic E-state index is 12.9. The highest BCUT2D eigenvalue weighted by atomic mass is 16.4. The monoisotopic (exact) mass is 468 g/mol. The molecule has 1 aromatic carbocycles. The number of hydrogen-bond acceptors (Lipinski definition) is 5. The van der Waals surface area contributed by atoms with Gasteiger partial charge in [0.15, 0.2) is 0 Å². The Morgan fingerprint density at radius 2 is 1.65 bits per heavy atom. The number of carboxylic acid groups (broad SMARTS) is 1. The molecule has 0 unspecified atom stereocenters. The third kappa shape index (κ3) is 4.48. The molecule has 9 heteroatoms. The quantitative estimate of drug-likeness (QED) is 0.657. The standard InChI is InChI=1S/C25H32N4O5/c30-22-4-3-21(23(31)26-22)29-15-18-14-19(1-2-20(18)24(29)32)27-9-5-16(6-10-27)13-17-7-11-28(12-8-17)25(33)34/h1-2,14,16-17,21H,3-13,15H2,(H,33,34)(H,26,30,31)/t21-/m0/s1. The van der Waals surface area contributed by atoms with Crippen molar-refractivity contribution in [3.8, 4) is 0 Å². The maximum absolute atomic E-state index is 12.9. The summed E-state index contributed by atoms with van der Waals surface area (Å²) in [6.07, 6.45) is 5.19. The van der Waals surface area contributed by atoms with Gasteiger partial charge in [-0.2, -0.15) is 0 Å². The van der Waals surface area contributed by atoms with Gasteiger partial charge in [0.05, 0.1) is 0 Å². The summed E-state index contributed by atoms with van der Waals surface area (Å²) in [7, 11) is 0. The summed E-state index contributed by atoms with van der Waals surface area (Å²) in [5, 5.41) is 11.5. The highest BCUT2D eigenvalue weighted by Gasteiger charge is 2.39. The Balaban J connectivity index is 1.15. The van der Waals surface area contributed by atoms with Crippen LogP contribution in [-0.4, -0.2) is 70.9 Å². The number of nitrogens with zero attached hydrogens (tertiary/aromatic N) is 3. The van der Waals surface area contributed by atoms with E-state index in [0.717, 1.165) is 50.0 Å². The Hall–Kier alpha value is -3.10. The zero-order valence-electron chi connectivity index (χ0n) is 19.4. The molecule has 0 radical (unpaired) electrons.